The Morgan fingerprint density at radius 3 is 2.79 bits per heavy atom. The first-order valence-corrected chi connectivity index (χ1v) is 5.29. The molecule has 14 heavy (non-hydrogen) atoms. The monoisotopic (exact) mass is 200 g/mol. The van der Waals surface area contributed by atoms with Gasteiger partial charge in [-0.1, -0.05) is 13.8 Å². The fraction of sp³-hybridized carbons (Fsp3) is 0.900. The van der Waals surface area contributed by atoms with Gasteiger partial charge in [-0.2, -0.15) is 0 Å². The van der Waals surface area contributed by atoms with Crippen LogP contribution in [-0.4, -0.2) is 36.2 Å². The Labute approximate surface area is 85.1 Å². The van der Waals surface area contributed by atoms with E-state index in [4.69, 9.17) is 5.11 Å². The predicted molar refractivity (Wildman–Crippen MR) is 54.9 cm³/mol. The van der Waals surface area contributed by atoms with Gasteiger partial charge in [-0.25, -0.2) is 0 Å². The summed E-state index contributed by atoms with van der Waals surface area (Å²) in [7, 11) is 0. The first-order chi connectivity index (χ1) is 6.65. The Balaban J connectivity index is 2.37. The number of hydrogen-bond acceptors (Lipinski definition) is 3. The molecule has 0 radical (unpaired) electrons. The molecule has 0 aromatic heterocycles. The molecule has 3 N–H and O–H groups in total. The number of rotatable bonds is 4. The third-order valence-corrected chi connectivity index (χ3v) is 2.71. The molecule has 1 fully saturated rings. The summed E-state index contributed by atoms with van der Waals surface area (Å²) in [5, 5.41) is 15.0. The first kappa shape index (κ1) is 11.5. The second kappa shape index (κ2) is 5.32. The van der Waals surface area contributed by atoms with E-state index in [1.165, 1.54) is 0 Å². The van der Waals surface area contributed by atoms with Gasteiger partial charge in [0.15, 0.2) is 0 Å². The highest BCUT2D eigenvalue weighted by Crippen LogP contribution is 2.07. The van der Waals surface area contributed by atoms with E-state index in [0.29, 0.717) is 0 Å². The fourth-order valence-corrected chi connectivity index (χ4v) is 1.61. The first-order valence-electron chi connectivity index (χ1n) is 5.29. The van der Waals surface area contributed by atoms with Gasteiger partial charge in [0, 0.05) is 0 Å². The molecule has 1 saturated heterocycles. The van der Waals surface area contributed by atoms with Gasteiger partial charge < -0.3 is 15.7 Å². The molecule has 0 aromatic carbocycles. The maximum atomic E-state index is 11.6. The standard InChI is InChI=1S/C10H20N2O2/c1-7(2)9(6-13)12-10(14)8-4-3-5-11-8/h7-9,11,13H,3-6H2,1-2H3,(H,12,14)/t8?,9-/m1/s1. The van der Waals surface area contributed by atoms with Crippen LogP contribution in [0.1, 0.15) is 26.7 Å². The van der Waals surface area contributed by atoms with Gasteiger partial charge >= 0.3 is 0 Å². The highest BCUT2D eigenvalue weighted by molar-refractivity contribution is 5.82. The quantitative estimate of drug-likeness (QED) is 0.592. The number of aliphatic hydroxyl groups is 1. The summed E-state index contributed by atoms with van der Waals surface area (Å²) in [5.74, 6) is 0.292. The second-order valence-corrected chi connectivity index (χ2v) is 4.19. The maximum absolute atomic E-state index is 11.6. The number of nitrogens with one attached hydrogen (secondary N) is 2. The molecule has 1 heterocycles. The van der Waals surface area contributed by atoms with Crippen LogP contribution < -0.4 is 10.6 Å². The molecular formula is C10H20N2O2. The van der Waals surface area contributed by atoms with Crippen molar-refractivity contribution in [3.05, 3.63) is 0 Å². The minimum absolute atomic E-state index is 0.0100. The summed E-state index contributed by atoms with van der Waals surface area (Å²) >= 11 is 0. The SMILES string of the molecule is CC(C)[C@@H](CO)NC(=O)C1CCCN1. The lowest BCUT2D eigenvalue weighted by Crippen LogP contribution is -2.48. The second-order valence-electron chi connectivity index (χ2n) is 4.19. The van der Waals surface area contributed by atoms with Crippen molar-refractivity contribution >= 4 is 5.91 Å². The highest BCUT2D eigenvalue weighted by atomic mass is 16.3. The zero-order chi connectivity index (χ0) is 10.6. The van der Waals surface area contributed by atoms with Crippen molar-refractivity contribution < 1.29 is 9.90 Å². The number of carbonyl (C=O) groups is 1. The van der Waals surface area contributed by atoms with Crippen molar-refractivity contribution in [2.24, 2.45) is 5.92 Å². The van der Waals surface area contributed by atoms with Crippen LogP contribution >= 0.6 is 0 Å². The Morgan fingerprint density at radius 1 is 1.64 bits per heavy atom. The molecule has 0 aliphatic carbocycles. The molecule has 0 spiro atoms. The largest absolute Gasteiger partial charge is 0.394 e. The summed E-state index contributed by atoms with van der Waals surface area (Å²) in [5.41, 5.74) is 0. The van der Waals surface area contributed by atoms with E-state index >= 15 is 0 Å². The molecule has 1 unspecified atom stereocenters. The Kier molecular flexibility index (Phi) is 4.35. The molecule has 1 aliphatic heterocycles. The van der Waals surface area contributed by atoms with E-state index < -0.39 is 0 Å². The van der Waals surface area contributed by atoms with Crippen molar-refractivity contribution in [2.75, 3.05) is 13.2 Å². The summed E-state index contributed by atoms with van der Waals surface area (Å²) in [6.45, 7) is 4.91. The molecule has 82 valence electrons. The van der Waals surface area contributed by atoms with Gasteiger partial charge in [0.25, 0.3) is 0 Å². The van der Waals surface area contributed by atoms with E-state index in [0.717, 1.165) is 19.4 Å². The Hall–Kier alpha value is -0.610. The lowest BCUT2D eigenvalue weighted by atomic mass is 10.0. The van der Waals surface area contributed by atoms with Crippen LogP contribution in [0.2, 0.25) is 0 Å². The van der Waals surface area contributed by atoms with Gasteiger partial charge in [-0.15, -0.1) is 0 Å². The van der Waals surface area contributed by atoms with E-state index in [-0.39, 0.29) is 30.5 Å². The van der Waals surface area contributed by atoms with Gasteiger partial charge in [0.1, 0.15) is 0 Å². The van der Waals surface area contributed by atoms with Crippen molar-refractivity contribution in [3.8, 4) is 0 Å². The van der Waals surface area contributed by atoms with Crippen molar-refractivity contribution in [1.82, 2.24) is 10.6 Å². The molecular weight excluding hydrogens is 180 g/mol. The highest BCUT2D eigenvalue weighted by Gasteiger charge is 2.24. The average Bonchev–Trinajstić information content (AvgIpc) is 2.65. The van der Waals surface area contributed by atoms with E-state index in [2.05, 4.69) is 10.6 Å². The van der Waals surface area contributed by atoms with Crippen molar-refractivity contribution in [2.45, 2.75) is 38.8 Å². The van der Waals surface area contributed by atoms with Crippen molar-refractivity contribution in [3.63, 3.8) is 0 Å². The molecule has 1 amide bonds. The molecule has 2 atom stereocenters. The number of amides is 1. The van der Waals surface area contributed by atoms with Crippen LogP contribution in [0.15, 0.2) is 0 Å². The number of carbonyl (C=O) groups excluding carboxylic acids is 1. The third kappa shape index (κ3) is 2.96. The summed E-state index contributed by atoms with van der Waals surface area (Å²) in [6.07, 6.45) is 1.96. The van der Waals surface area contributed by atoms with Gasteiger partial charge in [-0.05, 0) is 25.3 Å². The molecule has 1 aliphatic rings. The normalized spacial score (nSPS) is 23.9. The molecule has 4 heteroatoms. The lowest BCUT2D eigenvalue weighted by molar-refractivity contribution is -0.124. The Bertz CT molecular complexity index is 189. The lowest BCUT2D eigenvalue weighted by Gasteiger charge is -2.22. The third-order valence-electron chi connectivity index (χ3n) is 2.71. The summed E-state index contributed by atoms with van der Waals surface area (Å²) in [6, 6.07) is -0.173. The van der Waals surface area contributed by atoms with Crippen LogP contribution in [0.25, 0.3) is 0 Å². The van der Waals surface area contributed by atoms with Crippen LogP contribution in [-0.2, 0) is 4.79 Å². The minimum Gasteiger partial charge on any atom is -0.394 e. The van der Waals surface area contributed by atoms with Crippen LogP contribution in [0.4, 0.5) is 0 Å². The summed E-state index contributed by atoms with van der Waals surface area (Å²) in [4.78, 5) is 11.6. The average molecular weight is 200 g/mol. The minimum atomic E-state index is -0.120. The number of aliphatic hydroxyl groups excluding tert-OH is 1. The molecule has 0 bridgehead atoms. The van der Waals surface area contributed by atoms with Gasteiger partial charge in [0.05, 0.1) is 18.7 Å². The molecule has 0 aromatic rings. The topological polar surface area (TPSA) is 61.4 Å². The van der Waals surface area contributed by atoms with Crippen LogP contribution in [0, 0.1) is 5.92 Å². The molecule has 0 saturated carbocycles. The Morgan fingerprint density at radius 2 is 2.36 bits per heavy atom. The number of hydrogen-bond donors (Lipinski definition) is 3. The van der Waals surface area contributed by atoms with Crippen LogP contribution in [0.3, 0.4) is 0 Å². The predicted octanol–water partition coefficient (Wildman–Crippen LogP) is -0.128. The smallest absolute Gasteiger partial charge is 0.237 e. The molecule has 4 nitrogen and oxygen atoms in total. The van der Waals surface area contributed by atoms with E-state index in [1.54, 1.807) is 0 Å². The van der Waals surface area contributed by atoms with Crippen LogP contribution in [0.5, 0.6) is 0 Å². The molecule has 1 rings (SSSR count). The maximum Gasteiger partial charge on any atom is 0.237 e. The van der Waals surface area contributed by atoms with Gasteiger partial charge in [0.2, 0.25) is 5.91 Å². The van der Waals surface area contributed by atoms with Gasteiger partial charge in [-0.3, -0.25) is 4.79 Å². The summed E-state index contributed by atoms with van der Waals surface area (Å²) < 4.78 is 0. The zero-order valence-corrected chi connectivity index (χ0v) is 8.92. The fourth-order valence-electron chi connectivity index (χ4n) is 1.61. The zero-order valence-electron chi connectivity index (χ0n) is 8.92. The van der Waals surface area contributed by atoms with E-state index in [9.17, 15) is 4.79 Å². The van der Waals surface area contributed by atoms with Crippen molar-refractivity contribution in [1.29, 1.82) is 0 Å². The van der Waals surface area contributed by atoms with E-state index in [1.807, 2.05) is 13.8 Å².